The molecular weight excluding hydrogens is 340 g/mol. The fourth-order valence-electron chi connectivity index (χ4n) is 2.41. The molecule has 0 aliphatic carbocycles. The monoisotopic (exact) mass is 374 g/mol. The summed E-state index contributed by atoms with van der Waals surface area (Å²) in [6, 6.07) is 14.7. The maximum Gasteiger partial charge on any atom is 0.300 e. The predicted octanol–water partition coefficient (Wildman–Crippen LogP) is 5.04. The number of aromatic nitrogens is 1. The van der Waals surface area contributed by atoms with Crippen LogP contribution in [0.2, 0.25) is 0 Å². The Morgan fingerprint density at radius 1 is 1.04 bits per heavy atom. The number of carboxylic acids is 1. The average molecular weight is 375 g/mol. The number of rotatable bonds is 2. The van der Waals surface area contributed by atoms with Gasteiger partial charge in [-0.25, -0.2) is 0 Å². The van der Waals surface area contributed by atoms with Crippen LogP contribution in [0.3, 0.4) is 0 Å². The van der Waals surface area contributed by atoms with Crippen LogP contribution in [0.4, 0.5) is 5.69 Å². The second kappa shape index (κ2) is 14.7. The van der Waals surface area contributed by atoms with Gasteiger partial charge in [0.1, 0.15) is 0 Å². The Bertz CT molecular complexity index is 635. The zero-order chi connectivity index (χ0) is 20.7. The van der Waals surface area contributed by atoms with Crippen molar-refractivity contribution in [2.45, 2.75) is 41.5 Å². The minimum absolute atomic E-state index is 0.808. The van der Waals surface area contributed by atoms with Crippen molar-refractivity contribution in [1.82, 2.24) is 4.98 Å². The van der Waals surface area contributed by atoms with Crippen LogP contribution in [-0.4, -0.2) is 42.4 Å². The van der Waals surface area contributed by atoms with Crippen LogP contribution in [0.25, 0.3) is 11.3 Å². The lowest BCUT2D eigenvalue weighted by Gasteiger charge is -2.29. The van der Waals surface area contributed by atoms with Gasteiger partial charge in [0, 0.05) is 37.0 Å². The van der Waals surface area contributed by atoms with Crippen molar-refractivity contribution in [2.24, 2.45) is 0 Å². The number of carbonyl (C=O) groups is 1. The molecule has 150 valence electrons. The van der Waals surface area contributed by atoms with Gasteiger partial charge in [-0.05, 0) is 19.1 Å². The fourth-order valence-corrected chi connectivity index (χ4v) is 2.41. The highest BCUT2D eigenvalue weighted by atomic mass is 16.5. The fraction of sp³-hybridized carbons (Fsp3) is 0.455. The number of aliphatic carboxylic acids is 1. The third-order valence-corrected chi connectivity index (χ3v) is 3.38. The van der Waals surface area contributed by atoms with Crippen LogP contribution in [-0.2, 0) is 9.53 Å². The Balaban J connectivity index is 0.000000737. The van der Waals surface area contributed by atoms with Crippen LogP contribution in [0.5, 0.6) is 0 Å². The topological polar surface area (TPSA) is 62.7 Å². The Hall–Kier alpha value is -2.40. The lowest BCUT2D eigenvalue weighted by molar-refractivity contribution is -0.134. The van der Waals surface area contributed by atoms with Crippen molar-refractivity contribution in [3.05, 3.63) is 48.2 Å². The Morgan fingerprint density at radius 2 is 1.56 bits per heavy atom. The molecule has 1 saturated heterocycles. The lowest BCUT2D eigenvalue weighted by Crippen LogP contribution is -2.36. The molecule has 1 aromatic carbocycles. The second-order valence-corrected chi connectivity index (χ2v) is 5.34. The highest BCUT2D eigenvalue weighted by Crippen LogP contribution is 2.24. The van der Waals surface area contributed by atoms with Crippen molar-refractivity contribution in [1.29, 1.82) is 0 Å². The van der Waals surface area contributed by atoms with Crippen molar-refractivity contribution in [3.63, 3.8) is 0 Å². The van der Waals surface area contributed by atoms with E-state index in [1.54, 1.807) is 0 Å². The number of aryl methyl sites for hydroxylation is 1. The molecule has 0 unspecified atom stereocenters. The van der Waals surface area contributed by atoms with Crippen molar-refractivity contribution in [2.75, 3.05) is 31.2 Å². The summed E-state index contributed by atoms with van der Waals surface area (Å²) in [6.45, 7) is 14.7. The average Bonchev–Trinajstić information content (AvgIpc) is 2.71. The molecule has 1 aromatic heterocycles. The van der Waals surface area contributed by atoms with E-state index < -0.39 is 5.97 Å². The molecule has 1 N–H and O–H groups in total. The first kappa shape index (κ1) is 24.6. The maximum absolute atomic E-state index is 9.00. The number of benzene rings is 1. The zero-order valence-electron chi connectivity index (χ0n) is 17.5. The van der Waals surface area contributed by atoms with Gasteiger partial charge in [-0.2, -0.15) is 0 Å². The molecule has 0 amide bonds. The van der Waals surface area contributed by atoms with Gasteiger partial charge < -0.3 is 14.7 Å². The number of morpholine rings is 1. The number of carboxylic acid groups (broad SMARTS) is 1. The molecule has 2 aromatic rings. The Labute approximate surface area is 164 Å². The van der Waals surface area contributed by atoms with E-state index in [1.165, 1.54) is 11.3 Å². The summed E-state index contributed by atoms with van der Waals surface area (Å²) in [4.78, 5) is 16.0. The van der Waals surface area contributed by atoms with Gasteiger partial charge in [0.15, 0.2) is 0 Å². The lowest BCUT2D eigenvalue weighted by atomic mass is 10.1. The molecular formula is C22H34N2O3. The molecule has 0 saturated carbocycles. The summed E-state index contributed by atoms with van der Waals surface area (Å²) < 4.78 is 5.41. The Morgan fingerprint density at radius 3 is 2.07 bits per heavy atom. The highest BCUT2D eigenvalue weighted by Gasteiger charge is 2.13. The number of anilines is 1. The van der Waals surface area contributed by atoms with Gasteiger partial charge in [-0.3, -0.25) is 9.78 Å². The molecule has 0 spiro atoms. The van der Waals surface area contributed by atoms with Gasteiger partial charge in [0.2, 0.25) is 0 Å². The van der Waals surface area contributed by atoms with E-state index >= 15 is 0 Å². The SMILES string of the molecule is CC.CC.CC(=O)O.Cc1cc(N2CCOCC2)cc(-c2ccccc2)n1. The highest BCUT2D eigenvalue weighted by molar-refractivity contribution is 5.65. The van der Waals surface area contributed by atoms with E-state index in [0.717, 1.165) is 44.6 Å². The zero-order valence-corrected chi connectivity index (χ0v) is 17.5. The van der Waals surface area contributed by atoms with E-state index in [2.05, 4.69) is 41.1 Å². The van der Waals surface area contributed by atoms with Crippen molar-refractivity contribution in [3.8, 4) is 11.3 Å². The van der Waals surface area contributed by atoms with Gasteiger partial charge in [-0.1, -0.05) is 58.0 Å². The number of pyridine rings is 1. The number of hydrogen-bond acceptors (Lipinski definition) is 4. The van der Waals surface area contributed by atoms with E-state index in [9.17, 15) is 0 Å². The first-order valence-electron chi connectivity index (χ1n) is 9.62. The first-order chi connectivity index (χ1) is 13.1. The van der Waals surface area contributed by atoms with Crippen LogP contribution < -0.4 is 4.90 Å². The molecule has 27 heavy (non-hydrogen) atoms. The number of ether oxygens (including phenoxy) is 1. The summed E-state index contributed by atoms with van der Waals surface area (Å²) in [5.74, 6) is -0.833. The maximum atomic E-state index is 9.00. The van der Waals surface area contributed by atoms with E-state index in [1.807, 2.05) is 45.9 Å². The normalized spacial score (nSPS) is 12.3. The molecule has 1 fully saturated rings. The minimum Gasteiger partial charge on any atom is -0.481 e. The molecule has 0 atom stereocenters. The summed E-state index contributed by atoms with van der Waals surface area (Å²) in [6.07, 6.45) is 0. The molecule has 1 aliphatic rings. The first-order valence-corrected chi connectivity index (χ1v) is 9.62. The van der Waals surface area contributed by atoms with Gasteiger partial charge in [0.25, 0.3) is 5.97 Å². The van der Waals surface area contributed by atoms with Gasteiger partial charge in [0.05, 0.1) is 18.9 Å². The van der Waals surface area contributed by atoms with E-state index in [0.29, 0.717) is 0 Å². The van der Waals surface area contributed by atoms with Crippen LogP contribution in [0, 0.1) is 6.92 Å². The van der Waals surface area contributed by atoms with Crippen molar-refractivity contribution < 1.29 is 14.6 Å². The summed E-state index contributed by atoms with van der Waals surface area (Å²) >= 11 is 0. The smallest absolute Gasteiger partial charge is 0.300 e. The van der Waals surface area contributed by atoms with Gasteiger partial charge in [-0.15, -0.1) is 0 Å². The van der Waals surface area contributed by atoms with E-state index in [-0.39, 0.29) is 0 Å². The van der Waals surface area contributed by atoms with Gasteiger partial charge >= 0.3 is 0 Å². The second-order valence-electron chi connectivity index (χ2n) is 5.34. The summed E-state index contributed by atoms with van der Waals surface area (Å²) in [7, 11) is 0. The molecule has 5 heteroatoms. The molecule has 2 heterocycles. The third kappa shape index (κ3) is 9.75. The van der Waals surface area contributed by atoms with Crippen LogP contribution >= 0.6 is 0 Å². The minimum atomic E-state index is -0.833. The van der Waals surface area contributed by atoms with Crippen molar-refractivity contribution >= 4 is 11.7 Å². The molecule has 0 bridgehead atoms. The standard InChI is InChI=1S/C16H18N2O.C2H4O2.2C2H6/c1-13-11-15(18-7-9-19-10-8-18)12-16(17-13)14-5-3-2-4-6-14;1-2(3)4;2*1-2/h2-6,11-12H,7-10H2,1H3;1H3,(H,3,4);2*1-2H3. The number of nitrogens with zero attached hydrogens (tertiary/aromatic N) is 2. The quantitative estimate of drug-likeness (QED) is 0.798. The molecule has 1 aliphatic heterocycles. The van der Waals surface area contributed by atoms with Crippen LogP contribution in [0.1, 0.15) is 40.3 Å². The molecule has 5 nitrogen and oxygen atoms in total. The summed E-state index contributed by atoms with van der Waals surface area (Å²) in [5.41, 5.74) is 4.51. The predicted molar refractivity (Wildman–Crippen MR) is 113 cm³/mol. The van der Waals surface area contributed by atoms with E-state index in [4.69, 9.17) is 14.6 Å². The summed E-state index contributed by atoms with van der Waals surface area (Å²) in [5, 5.41) is 7.42. The Kier molecular flexibility index (Phi) is 13.4. The van der Waals surface area contributed by atoms with Crippen LogP contribution in [0.15, 0.2) is 42.5 Å². The largest absolute Gasteiger partial charge is 0.481 e. The third-order valence-electron chi connectivity index (χ3n) is 3.38. The molecule has 3 rings (SSSR count). The molecule has 0 radical (unpaired) electrons. The number of hydrogen-bond donors (Lipinski definition) is 1.